The summed E-state index contributed by atoms with van der Waals surface area (Å²) in [6, 6.07) is 4.70. The van der Waals surface area contributed by atoms with Crippen molar-refractivity contribution in [1.29, 1.82) is 0 Å². The first-order valence-corrected chi connectivity index (χ1v) is 6.87. The van der Waals surface area contributed by atoms with Gasteiger partial charge in [0, 0.05) is 5.56 Å². The lowest BCUT2D eigenvalue weighted by Gasteiger charge is -2.11. The number of phenolic OH excluding ortho intramolecular Hbond substituents is 2. The van der Waals surface area contributed by atoms with E-state index in [4.69, 9.17) is 0 Å². The molecule has 0 aliphatic rings. The molecule has 130 valence electrons. The summed E-state index contributed by atoms with van der Waals surface area (Å²) in [6.07, 6.45) is 0. The van der Waals surface area contributed by atoms with E-state index in [-0.39, 0.29) is 11.1 Å². The minimum Gasteiger partial charge on any atom is -0.507 e. The van der Waals surface area contributed by atoms with Gasteiger partial charge in [0.15, 0.2) is 5.78 Å². The highest BCUT2D eigenvalue weighted by Gasteiger charge is 2.25. The Morgan fingerprint density at radius 2 is 1.40 bits per heavy atom. The number of phenols is 2. The normalized spacial score (nSPS) is 10.2. The van der Waals surface area contributed by atoms with Crippen molar-refractivity contribution in [2.45, 2.75) is 0 Å². The molecule has 0 aliphatic heterocycles. The maximum atomic E-state index is 13.4. The molecule has 7 nitrogen and oxygen atoms in total. The summed E-state index contributed by atoms with van der Waals surface area (Å²) in [5, 5.41) is 19.8. The predicted octanol–water partition coefficient (Wildman–Crippen LogP) is 2.04. The highest BCUT2D eigenvalue weighted by atomic mass is 19.1. The Labute approximate surface area is 141 Å². The van der Waals surface area contributed by atoms with Gasteiger partial charge in [-0.05, 0) is 30.3 Å². The summed E-state index contributed by atoms with van der Waals surface area (Å²) in [5.74, 6) is -4.84. The van der Waals surface area contributed by atoms with Crippen LogP contribution in [-0.2, 0) is 9.47 Å². The molecule has 2 N–H and O–H groups in total. The maximum Gasteiger partial charge on any atom is 0.341 e. The van der Waals surface area contributed by atoms with Crippen LogP contribution in [0.5, 0.6) is 11.5 Å². The molecule has 0 unspecified atom stereocenters. The van der Waals surface area contributed by atoms with Crippen LogP contribution in [0.25, 0.3) is 0 Å². The number of benzene rings is 2. The van der Waals surface area contributed by atoms with Gasteiger partial charge in [0.2, 0.25) is 0 Å². The third-order valence-electron chi connectivity index (χ3n) is 3.39. The lowest BCUT2D eigenvalue weighted by Crippen LogP contribution is -2.12. The molecule has 0 spiro atoms. The number of carbonyl (C=O) groups is 3. The number of ether oxygens (including phenoxy) is 2. The number of esters is 2. The zero-order chi connectivity index (χ0) is 18.7. The van der Waals surface area contributed by atoms with Crippen molar-refractivity contribution in [3.05, 3.63) is 58.4 Å². The molecule has 0 bridgehead atoms. The van der Waals surface area contributed by atoms with Gasteiger partial charge in [-0.1, -0.05) is 0 Å². The fraction of sp³-hybridized carbons (Fsp3) is 0.118. The predicted molar refractivity (Wildman–Crippen MR) is 82.3 cm³/mol. The molecule has 0 saturated carbocycles. The monoisotopic (exact) mass is 348 g/mol. The molecular weight excluding hydrogens is 335 g/mol. The summed E-state index contributed by atoms with van der Waals surface area (Å²) in [4.78, 5) is 36.1. The Morgan fingerprint density at radius 3 is 1.88 bits per heavy atom. The summed E-state index contributed by atoms with van der Waals surface area (Å²) in [5.41, 5.74) is -1.54. The molecular formula is C17H13FO7. The second-order valence-corrected chi connectivity index (χ2v) is 4.89. The molecule has 0 atom stereocenters. The van der Waals surface area contributed by atoms with Crippen LogP contribution in [0.1, 0.15) is 36.6 Å². The lowest BCUT2D eigenvalue weighted by atomic mass is 9.97. The molecule has 0 amide bonds. The number of methoxy groups -OCH3 is 2. The van der Waals surface area contributed by atoms with E-state index < -0.39 is 46.2 Å². The van der Waals surface area contributed by atoms with Crippen molar-refractivity contribution in [3.8, 4) is 11.5 Å². The Bertz CT molecular complexity index is 836. The van der Waals surface area contributed by atoms with E-state index in [0.29, 0.717) is 0 Å². The van der Waals surface area contributed by atoms with Crippen molar-refractivity contribution in [3.63, 3.8) is 0 Å². The minimum atomic E-state index is -0.999. The van der Waals surface area contributed by atoms with Crippen molar-refractivity contribution in [1.82, 2.24) is 0 Å². The number of hydrogen-bond acceptors (Lipinski definition) is 7. The fourth-order valence-corrected chi connectivity index (χ4v) is 2.14. The van der Waals surface area contributed by atoms with Gasteiger partial charge in [-0.25, -0.2) is 14.0 Å². The van der Waals surface area contributed by atoms with Crippen molar-refractivity contribution >= 4 is 17.7 Å². The van der Waals surface area contributed by atoms with Gasteiger partial charge in [-0.2, -0.15) is 0 Å². The third-order valence-corrected chi connectivity index (χ3v) is 3.39. The Kier molecular flexibility index (Phi) is 5.02. The Morgan fingerprint density at radius 1 is 0.880 bits per heavy atom. The van der Waals surface area contributed by atoms with Gasteiger partial charge >= 0.3 is 11.9 Å². The van der Waals surface area contributed by atoms with Gasteiger partial charge < -0.3 is 19.7 Å². The van der Waals surface area contributed by atoms with Crippen LogP contribution >= 0.6 is 0 Å². The van der Waals surface area contributed by atoms with Crippen LogP contribution in [0.2, 0.25) is 0 Å². The second kappa shape index (κ2) is 7.00. The number of carbonyl (C=O) groups excluding carboxylic acids is 3. The first-order chi connectivity index (χ1) is 11.8. The van der Waals surface area contributed by atoms with Gasteiger partial charge in [0.05, 0.1) is 19.8 Å². The quantitative estimate of drug-likeness (QED) is 0.642. The van der Waals surface area contributed by atoms with Crippen LogP contribution in [0, 0.1) is 5.82 Å². The Balaban J connectivity index is 2.68. The first-order valence-electron chi connectivity index (χ1n) is 6.87. The molecule has 0 saturated heterocycles. The number of halogens is 1. The molecule has 2 aromatic rings. The van der Waals surface area contributed by atoms with Crippen LogP contribution < -0.4 is 0 Å². The van der Waals surface area contributed by atoms with Crippen LogP contribution in [0.4, 0.5) is 4.39 Å². The molecule has 2 rings (SSSR count). The zero-order valence-electron chi connectivity index (χ0n) is 13.2. The third kappa shape index (κ3) is 3.42. The molecule has 25 heavy (non-hydrogen) atoms. The molecule has 0 heterocycles. The molecule has 8 heteroatoms. The molecule has 0 aromatic heterocycles. The van der Waals surface area contributed by atoms with Crippen LogP contribution in [0.3, 0.4) is 0 Å². The second-order valence-electron chi connectivity index (χ2n) is 4.89. The topological polar surface area (TPSA) is 110 Å². The summed E-state index contributed by atoms with van der Waals surface area (Å²) < 4.78 is 22.4. The summed E-state index contributed by atoms with van der Waals surface area (Å²) in [7, 11) is 2.10. The largest absolute Gasteiger partial charge is 0.507 e. The van der Waals surface area contributed by atoms with Gasteiger partial charge in [-0.15, -0.1) is 0 Å². The van der Waals surface area contributed by atoms with Gasteiger partial charge in [0.25, 0.3) is 0 Å². The number of hydrogen-bond donors (Lipinski definition) is 2. The zero-order valence-corrected chi connectivity index (χ0v) is 13.2. The lowest BCUT2D eigenvalue weighted by molar-refractivity contribution is 0.0592. The first kappa shape index (κ1) is 17.9. The van der Waals surface area contributed by atoms with Gasteiger partial charge in [0.1, 0.15) is 28.4 Å². The SMILES string of the molecule is COC(=O)c1cc(C(=O)c2cc(F)ccc2O)cc(C(=O)OC)c1O. The van der Waals surface area contributed by atoms with E-state index in [1.807, 2.05) is 0 Å². The van der Waals surface area contributed by atoms with E-state index in [1.54, 1.807) is 0 Å². The number of rotatable bonds is 4. The summed E-state index contributed by atoms with van der Waals surface area (Å²) in [6.45, 7) is 0. The average Bonchev–Trinajstić information content (AvgIpc) is 2.62. The van der Waals surface area contributed by atoms with E-state index in [2.05, 4.69) is 9.47 Å². The van der Waals surface area contributed by atoms with Crippen molar-refractivity contribution in [2.24, 2.45) is 0 Å². The van der Waals surface area contributed by atoms with Crippen molar-refractivity contribution < 1.29 is 38.5 Å². The highest BCUT2D eigenvalue weighted by molar-refractivity contribution is 6.13. The molecule has 0 fully saturated rings. The van der Waals surface area contributed by atoms with Gasteiger partial charge in [-0.3, -0.25) is 4.79 Å². The molecule has 0 radical (unpaired) electrons. The average molecular weight is 348 g/mol. The maximum absolute atomic E-state index is 13.4. The molecule has 0 aliphatic carbocycles. The number of ketones is 1. The van der Waals surface area contributed by atoms with E-state index in [9.17, 15) is 29.0 Å². The van der Waals surface area contributed by atoms with E-state index in [0.717, 1.165) is 44.6 Å². The fourth-order valence-electron chi connectivity index (χ4n) is 2.14. The summed E-state index contributed by atoms with van der Waals surface area (Å²) >= 11 is 0. The minimum absolute atomic E-state index is 0.250. The van der Waals surface area contributed by atoms with Crippen LogP contribution in [0.15, 0.2) is 30.3 Å². The smallest absolute Gasteiger partial charge is 0.341 e. The molecule has 2 aromatic carbocycles. The Hall–Kier alpha value is -3.42. The van der Waals surface area contributed by atoms with Crippen molar-refractivity contribution in [2.75, 3.05) is 14.2 Å². The van der Waals surface area contributed by atoms with E-state index >= 15 is 0 Å². The standard InChI is InChI=1S/C17H13FO7/c1-24-16(22)11-5-8(6-12(15(11)21)17(23)25-2)14(20)10-7-9(18)3-4-13(10)19/h3-7,19,21H,1-2H3. The van der Waals surface area contributed by atoms with Crippen LogP contribution in [-0.4, -0.2) is 42.2 Å². The van der Waals surface area contributed by atoms with E-state index in [1.165, 1.54) is 0 Å². The number of aromatic hydroxyl groups is 2. The highest BCUT2D eigenvalue weighted by Crippen LogP contribution is 2.29.